The molecule has 1 saturated heterocycles. The molecule has 1 amide bonds. The van der Waals surface area contributed by atoms with Crippen LogP contribution in [0.4, 0.5) is 0 Å². The number of hydrogen-bond acceptors (Lipinski definition) is 3. The molecule has 1 fully saturated rings. The molecular formula is C21H23Cl3N2O3S. The predicted molar refractivity (Wildman–Crippen MR) is 122 cm³/mol. The normalized spacial score (nSPS) is 17.6. The summed E-state index contributed by atoms with van der Waals surface area (Å²) in [6, 6.07) is 12.3. The van der Waals surface area contributed by atoms with E-state index in [1.165, 1.54) is 4.31 Å². The van der Waals surface area contributed by atoms with Crippen LogP contribution in [0.15, 0.2) is 42.5 Å². The minimum Gasteiger partial charge on any atom is -0.355 e. The lowest BCUT2D eigenvalue weighted by molar-refractivity contribution is -0.126. The van der Waals surface area contributed by atoms with Crippen molar-refractivity contribution in [2.75, 3.05) is 19.6 Å². The molecule has 0 aromatic heterocycles. The van der Waals surface area contributed by atoms with Gasteiger partial charge in [0.15, 0.2) is 0 Å². The fourth-order valence-corrected chi connectivity index (χ4v) is 5.51. The molecule has 0 unspecified atom stereocenters. The van der Waals surface area contributed by atoms with Crippen molar-refractivity contribution in [2.24, 2.45) is 5.92 Å². The van der Waals surface area contributed by atoms with E-state index in [1.807, 2.05) is 24.3 Å². The van der Waals surface area contributed by atoms with Gasteiger partial charge in [0, 0.05) is 24.7 Å². The van der Waals surface area contributed by atoms with Crippen LogP contribution in [0.2, 0.25) is 15.1 Å². The summed E-state index contributed by atoms with van der Waals surface area (Å²) in [6.45, 7) is 1.10. The monoisotopic (exact) mass is 488 g/mol. The summed E-state index contributed by atoms with van der Waals surface area (Å²) in [7, 11) is -3.56. The first-order valence-electron chi connectivity index (χ1n) is 9.68. The lowest BCUT2D eigenvalue weighted by Crippen LogP contribution is -2.46. The lowest BCUT2D eigenvalue weighted by atomic mass is 9.99. The van der Waals surface area contributed by atoms with Crippen LogP contribution in [0.5, 0.6) is 0 Å². The van der Waals surface area contributed by atoms with E-state index in [0.29, 0.717) is 53.0 Å². The number of carbonyl (C=O) groups is 1. The molecular weight excluding hydrogens is 467 g/mol. The van der Waals surface area contributed by atoms with E-state index in [0.717, 1.165) is 5.56 Å². The number of hydrogen-bond donors (Lipinski definition) is 1. The fraction of sp³-hybridized carbons (Fsp3) is 0.381. The van der Waals surface area contributed by atoms with Gasteiger partial charge in [-0.1, -0.05) is 53.0 Å². The molecule has 1 aliphatic heterocycles. The van der Waals surface area contributed by atoms with Crippen molar-refractivity contribution in [3.63, 3.8) is 0 Å². The van der Waals surface area contributed by atoms with Gasteiger partial charge < -0.3 is 5.32 Å². The van der Waals surface area contributed by atoms with Gasteiger partial charge in [0.25, 0.3) is 0 Å². The molecule has 1 N–H and O–H groups in total. The zero-order chi connectivity index (χ0) is 21.7. The first kappa shape index (κ1) is 23.4. The van der Waals surface area contributed by atoms with Gasteiger partial charge in [-0.05, 0) is 54.7 Å². The van der Waals surface area contributed by atoms with Crippen molar-refractivity contribution < 1.29 is 13.2 Å². The van der Waals surface area contributed by atoms with E-state index >= 15 is 0 Å². The Bertz CT molecular complexity index is 997. The van der Waals surface area contributed by atoms with Gasteiger partial charge in [0.2, 0.25) is 15.9 Å². The third-order valence-corrected chi connectivity index (χ3v) is 7.92. The highest BCUT2D eigenvalue weighted by molar-refractivity contribution is 7.88. The van der Waals surface area contributed by atoms with Crippen LogP contribution in [0, 0.1) is 5.92 Å². The molecule has 0 saturated carbocycles. The number of sulfonamides is 1. The Morgan fingerprint density at radius 3 is 2.43 bits per heavy atom. The quantitative estimate of drug-likeness (QED) is 0.620. The van der Waals surface area contributed by atoms with Crippen molar-refractivity contribution in [3.05, 3.63) is 68.7 Å². The molecule has 0 radical (unpaired) electrons. The van der Waals surface area contributed by atoms with Crippen molar-refractivity contribution in [1.82, 2.24) is 9.62 Å². The number of rotatable bonds is 7. The number of amides is 1. The molecule has 1 aliphatic rings. The molecule has 5 nitrogen and oxygen atoms in total. The van der Waals surface area contributed by atoms with Crippen LogP contribution < -0.4 is 5.32 Å². The number of benzene rings is 2. The van der Waals surface area contributed by atoms with Crippen molar-refractivity contribution >= 4 is 50.7 Å². The van der Waals surface area contributed by atoms with Gasteiger partial charge in [0.05, 0.1) is 21.7 Å². The Balaban J connectivity index is 1.54. The maximum atomic E-state index is 12.9. The average molecular weight is 490 g/mol. The summed E-state index contributed by atoms with van der Waals surface area (Å²) in [5, 5.41) is 4.30. The minimum absolute atomic E-state index is 0.113. The van der Waals surface area contributed by atoms with E-state index < -0.39 is 10.0 Å². The zero-order valence-electron chi connectivity index (χ0n) is 16.3. The first-order chi connectivity index (χ1) is 14.2. The smallest absolute Gasteiger partial charge is 0.224 e. The van der Waals surface area contributed by atoms with Gasteiger partial charge in [-0.3, -0.25) is 4.79 Å². The molecule has 1 heterocycles. The highest BCUT2D eigenvalue weighted by Crippen LogP contribution is 2.26. The first-order valence-corrected chi connectivity index (χ1v) is 12.4. The summed E-state index contributed by atoms with van der Waals surface area (Å²) in [5.74, 6) is -0.639. The van der Waals surface area contributed by atoms with E-state index in [-0.39, 0.29) is 24.1 Å². The average Bonchev–Trinajstić information content (AvgIpc) is 2.72. The van der Waals surface area contributed by atoms with Crippen molar-refractivity contribution in [1.29, 1.82) is 0 Å². The Morgan fingerprint density at radius 2 is 1.73 bits per heavy atom. The Labute approximate surface area is 192 Å². The zero-order valence-corrected chi connectivity index (χ0v) is 19.4. The van der Waals surface area contributed by atoms with E-state index in [9.17, 15) is 13.2 Å². The van der Waals surface area contributed by atoms with Gasteiger partial charge >= 0.3 is 0 Å². The second kappa shape index (κ2) is 10.3. The van der Waals surface area contributed by atoms with Gasteiger partial charge in [-0.25, -0.2) is 12.7 Å². The number of nitrogens with one attached hydrogen (secondary N) is 1. The van der Waals surface area contributed by atoms with Crippen LogP contribution in [0.1, 0.15) is 24.0 Å². The van der Waals surface area contributed by atoms with Crippen LogP contribution in [0.3, 0.4) is 0 Å². The van der Waals surface area contributed by atoms with E-state index in [4.69, 9.17) is 34.8 Å². The molecule has 0 bridgehead atoms. The number of piperidine rings is 1. The summed E-state index contributed by atoms with van der Waals surface area (Å²) in [5.41, 5.74) is 1.65. The third-order valence-electron chi connectivity index (χ3n) is 5.11. The molecule has 3 rings (SSSR count). The summed E-state index contributed by atoms with van der Waals surface area (Å²) in [4.78, 5) is 12.6. The number of halogens is 3. The minimum atomic E-state index is -3.56. The summed E-state index contributed by atoms with van der Waals surface area (Å²) < 4.78 is 27.1. The number of nitrogens with zero attached hydrogens (tertiary/aromatic N) is 1. The molecule has 0 aliphatic carbocycles. The van der Waals surface area contributed by atoms with Crippen molar-refractivity contribution in [3.8, 4) is 0 Å². The fourth-order valence-electron chi connectivity index (χ4n) is 3.47. The predicted octanol–water partition coefficient (Wildman–Crippen LogP) is 4.55. The molecule has 2 aromatic carbocycles. The van der Waals surface area contributed by atoms with Crippen LogP contribution in [-0.4, -0.2) is 38.3 Å². The topological polar surface area (TPSA) is 66.5 Å². The SMILES string of the molecule is O=C(NCCc1ccc(Cl)cc1)[C@@H]1CCCN(S(=O)(=O)Cc2ccc(Cl)c(Cl)c2)C1. The summed E-state index contributed by atoms with van der Waals surface area (Å²) in [6.07, 6.45) is 2.01. The Hall–Kier alpha value is -1.31. The van der Waals surface area contributed by atoms with Gasteiger partial charge in [-0.15, -0.1) is 0 Å². The van der Waals surface area contributed by atoms with Crippen LogP contribution in [-0.2, 0) is 27.0 Å². The molecule has 9 heteroatoms. The highest BCUT2D eigenvalue weighted by Gasteiger charge is 2.32. The second-order valence-corrected chi connectivity index (χ2v) is 10.6. The largest absolute Gasteiger partial charge is 0.355 e. The third kappa shape index (κ3) is 6.34. The molecule has 2 aromatic rings. The molecule has 162 valence electrons. The van der Waals surface area contributed by atoms with E-state index in [1.54, 1.807) is 18.2 Å². The Kier molecular flexibility index (Phi) is 8.04. The van der Waals surface area contributed by atoms with Crippen molar-refractivity contribution in [2.45, 2.75) is 25.0 Å². The second-order valence-electron chi connectivity index (χ2n) is 7.37. The molecule has 0 spiro atoms. The summed E-state index contributed by atoms with van der Waals surface area (Å²) >= 11 is 17.8. The van der Waals surface area contributed by atoms with Crippen LogP contribution >= 0.6 is 34.8 Å². The van der Waals surface area contributed by atoms with Gasteiger partial charge in [0.1, 0.15) is 0 Å². The maximum absolute atomic E-state index is 12.9. The Morgan fingerprint density at radius 1 is 1.03 bits per heavy atom. The van der Waals surface area contributed by atoms with Gasteiger partial charge in [-0.2, -0.15) is 0 Å². The molecule has 1 atom stereocenters. The lowest BCUT2D eigenvalue weighted by Gasteiger charge is -2.31. The standard InChI is InChI=1S/C21H23Cl3N2O3S/c22-18-6-3-15(4-7-18)9-10-25-21(27)17-2-1-11-26(13-17)30(28,29)14-16-5-8-19(23)20(24)12-16/h3-8,12,17H,1-2,9-11,13-14H2,(H,25,27)/t17-/m1/s1. The van der Waals surface area contributed by atoms with E-state index in [2.05, 4.69) is 5.32 Å². The number of carbonyl (C=O) groups excluding carboxylic acids is 1. The molecule has 30 heavy (non-hydrogen) atoms. The highest BCUT2D eigenvalue weighted by atomic mass is 35.5. The maximum Gasteiger partial charge on any atom is 0.224 e. The van der Waals surface area contributed by atoms with Crippen LogP contribution in [0.25, 0.3) is 0 Å².